The maximum atomic E-state index is 6.04. The van der Waals surface area contributed by atoms with Crippen molar-refractivity contribution in [1.82, 2.24) is 25.0 Å². The third-order valence-electron chi connectivity index (χ3n) is 6.73. The fourth-order valence-electron chi connectivity index (χ4n) is 4.68. The van der Waals surface area contributed by atoms with Gasteiger partial charge in [-0.05, 0) is 66.7 Å². The molecule has 3 aromatic rings. The van der Waals surface area contributed by atoms with E-state index < -0.39 is 0 Å². The van der Waals surface area contributed by atoms with E-state index in [2.05, 4.69) is 56.4 Å². The van der Waals surface area contributed by atoms with E-state index in [0.717, 1.165) is 55.5 Å². The minimum absolute atomic E-state index is 0.671. The number of hydrogen-bond acceptors (Lipinski definition) is 6. The van der Waals surface area contributed by atoms with Crippen molar-refractivity contribution >= 4 is 5.95 Å². The molecule has 7 nitrogen and oxygen atoms in total. The Hall–Kier alpha value is -2.80. The molecule has 2 fully saturated rings. The van der Waals surface area contributed by atoms with E-state index in [0.29, 0.717) is 6.61 Å². The third-order valence-corrected chi connectivity index (χ3v) is 6.73. The molecule has 0 unspecified atom stereocenters. The highest BCUT2D eigenvalue weighted by atomic mass is 16.5. The van der Waals surface area contributed by atoms with Crippen LogP contribution in [0.15, 0.2) is 49.1 Å². The number of piperidine rings is 1. The molecule has 1 saturated heterocycles. The molecule has 2 atom stereocenters. The second-order valence-corrected chi connectivity index (χ2v) is 8.76. The average Bonchev–Trinajstić information content (AvgIpc) is 3.38. The molecule has 0 N–H and O–H groups in total. The molecule has 1 aliphatic heterocycles. The lowest BCUT2D eigenvalue weighted by Gasteiger charge is -2.32. The molecule has 1 aromatic carbocycles. The number of ether oxygens (including phenoxy) is 1. The fraction of sp³-hybridized carbons (Fsp3) is 0.500. The minimum Gasteiger partial charge on any atom is -0.376 e. The Morgan fingerprint density at radius 3 is 2.48 bits per heavy atom. The van der Waals surface area contributed by atoms with Crippen LogP contribution in [0, 0.1) is 17.8 Å². The van der Waals surface area contributed by atoms with Crippen molar-refractivity contribution in [3.63, 3.8) is 0 Å². The number of aryl methyl sites for hydroxylation is 1. The van der Waals surface area contributed by atoms with Crippen molar-refractivity contribution in [3.05, 3.63) is 60.2 Å². The van der Waals surface area contributed by atoms with E-state index in [9.17, 15) is 0 Å². The van der Waals surface area contributed by atoms with Crippen LogP contribution in [-0.4, -0.2) is 44.7 Å². The smallest absolute Gasteiger partial charge is 0.225 e. The van der Waals surface area contributed by atoms with Crippen LogP contribution in [0.3, 0.4) is 0 Å². The van der Waals surface area contributed by atoms with Gasteiger partial charge in [0.15, 0.2) is 0 Å². The van der Waals surface area contributed by atoms with Crippen LogP contribution < -0.4 is 4.90 Å². The molecular formula is C24H30N6O. The van der Waals surface area contributed by atoms with Gasteiger partial charge in [0.05, 0.1) is 31.3 Å². The van der Waals surface area contributed by atoms with Crippen LogP contribution in [0.25, 0.3) is 5.69 Å². The molecule has 1 aliphatic carbocycles. The lowest BCUT2D eigenvalue weighted by atomic mass is 9.91. The summed E-state index contributed by atoms with van der Waals surface area (Å²) < 4.78 is 7.80. The Labute approximate surface area is 183 Å². The highest BCUT2D eigenvalue weighted by Crippen LogP contribution is 2.48. The van der Waals surface area contributed by atoms with E-state index in [-0.39, 0.29) is 0 Å². The number of nitrogens with zero attached hydrogens (tertiary/aromatic N) is 6. The Kier molecular flexibility index (Phi) is 5.93. The Morgan fingerprint density at radius 1 is 1.03 bits per heavy atom. The largest absolute Gasteiger partial charge is 0.376 e. The van der Waals surface area contributed by atoms with Gasteiger partial charge in [0.1, 0.15) is 0 Å². The predicted octanol–water partition coefficient (Wildman–Crippen LogP) is 3.69. The van der Waals surface area contributed by atoms with Gasteiger partial charge in [-0.15, -0.1) is 5.10 Å². The maximum absolute atomic E-state index is 6.04. The van der Waals surface area contributed by atoms with Crippen LogP contribution in [-0.2, 0) is 17.8 Å². The summed E-state index contributed by atoms with van der Waals surface area (Å²) >= 11 is 0. The van der Waals surface area contributed by atoms with Gasteiger partial charge in [-0.25, -0.2) is 14.6 Å². The fourth-order valence-corrected chi connectivity index (χ4v) is 4.68. The van der Waals surface area contributed by atoms with E-state index >= 15 is 0 Å². The summed E-state index contributed by atoms with van der Waals surface area (Å²) in [6.45, 7) is 5.81. The van der Waals surface area contributed by atoms with Crippen LogP contribution in [0.5, 0.6) is 0 Å². The van der Waals surface area contributed by atoms with Gasteiger partial charge < -0.3 is 9.64 Å². The second kappa shape index (κ2) is 9.14. The normalized spacial score (nSPS) is 21.4. The van der Waals surface area contributed by atoms with E-state index in [1.54, 1.807) is 10.9 Å². The molecule has 2 aliphatic rings. The monoisotopic (exact) mass is 418 g/mol. The zero-order valence-electron chi connectivity index (χ0n) is 18.1. The Morgan fingerprint density at radius 2 is 1.81 bits per heavy atom. The quantitative estimate of drug-likeness (QED) is 0.556. The van der Waals surface area contributed by atoms with Gasteiger partial charge in [-0.2, -0.15) is 0 Å². The first-order valence-electron chi connectivity index (χ1n) is 11.4. The molecule has 1 saturated carbocycles. The van der Waals surface area contributed by atoms with E-state index in [1.165, 1.54) is 30.4 Å². The van der Waals surface area contributed by atoms with E-state index in [1.807, 2.05) is 18.6 Å². The number of hydrogen-bond donors (Lipinski definition) is 0. The molecule has 162 valence electrons. The molecule has 31 heavy (non-hydrogen) atoms. The first-order valence-corrected chi connectivity index (χ1v) is 11.4. The van der Waals surface area contributed by atoms with E-state index in [4.69, 9.17) is 4.74 Å². The molecule has 5 rings (SSSR count). The second-order valence-electron chi connectivity index (χ2n) is 8.76. The lowest BCUT2D eigenvalue weighted by molar-refractivity contribution is 0.104. The topological polar surface area (TPSA) is 69.0 Å². The van der Waals surface area contributed by atoms with Gasteiger partial charge in [0.2, 0.25) is 5.95 Å². The third kappa shape index (κ3) is 4.77. The van der Waals surface area contributed by atoms with Crippen molar-refractivity contribution in [1.29, 1.82) is 0 Å². The highest BCUT2D eigenvalue weighted by molar-refractivity contribution is 5.33. The number of benzene rings is 1. The van der Waals surface area contributed by atoms with Crippen LogP contribution in [0.4, 0.5) is 5.95 Å². The van der Waals surface area contributed by atoms with Crippen molar-refractivity contribution in [2.24, 2.45) is 17.8 Å². The standard InChI is InChI=1S/C24H30N6O/c1-2-18-14-25-24(26-15-18)29-10-7-20(8-11-29)23-13-21(23)17-31-16-19-3-5-22(6-4-19)30-12-9-27-28-30/h3-6,9,12,14-15,20-21,23H,2,7-8,10-11,13,16-17H2,1H3/t21-,23+/m0/s1. The summed E-state index contributed by atoms with van der Waals surface area (Å²) in [4.78, 5) is 11.4. The molecule has 0 amide bonds. The van der Waals surface area contributed by atoms with Crippen LogP contribution in [0.1, 0.15) is 37.3 Å². The van der Waals surface area contributed by atoms with Crippen molar-refractivity contribution in [2.45, 2.75) is 39.2 Å². The summed E-state index contributed by atoms with van der Waals surface area (Å²) in [6, 6.07) is 8.32. The molecule has 0 bridgehead atoms. The molecule has 3 heterocycles. The number of aromatic nitrogens is 5. The summed E-state index contributed by atoms with van der Waals surface area (Å²) in [6.07, 6.45) is 12.2. The van der Waals surface area contributed by atoms with Crippen molar-refractivity contribution in [2.75, 3.05) is 24.6 Å². The molecule has 0 radical (unpaired) electrons. The van der Waals surface area contributed by atoms with Crippen molar-refractivity contribution in [3.8, 4) is 5.69 Å². The van der Waals surface area contributed by atoms with Crippen molar-refractivity contribution < 1.29 is 4.74 Å². The zero-order chi connectivity index (χ0) is 21.0. The summed E-state index contributed by atoms with van der Waals surface area (Å²) in [5.41, 5.74) is 3.41. The first-order chi connectivity index (χ1) is 15.3. The average molecular weight is 419 g/mol. The minimum atomic E-state index is 0.671. The molecular weight excluding hydrogens is 388 g/mol. The maximum Gasteiger partial charge on any atom is 0.225 e. The summed E-state index contributed by atoms with van der Waals surface area (Å²) in [7, 11) is 0. The summed E-state index contributed by atoms with van der Waals surface area (Å²) in [5.74, 6) is 3.27. The molecule has 2 aromatic heterocycles. The zero-order valence-corrected chi connectivity index (χ0v) is 18.1. The first kappa shape index (κ1) is 20.1. The molecule has 7 heteroatoms. The number of rotatable bonds is 8. The molecule has 0 spiro atoms. The summed E-state index contributed by atoms with van der Waals surface area (Å²) in [5, 5.41) is 7.86. The van der Waals surface area contributed by atoms with Gasteiger partial charge in [0.25, 0.3) is 0 Å². The van der Waals surface area contributed by atoms with Gasteiger partial charge >= 0.3 is 0 Å². The highest BCUT2D eigenvalue weighted by Gasteiger charge is 2.43. The van der Waals surface area contributed by atoms with Crippen LogP contribution >= 0.6 is 0 Å². The Bertz CT molecular complexity index is 949. The SMILES string of the molecule is CCc1cnc(N2CCC([C@H]3C[C@H]3COCc3ccc(-n4ccnn4)cc3)CC2)nc1. The van der Waals surface area contributed by atoms with Gasteiger partial charge in [0, 0.05) is 25.5 Å². The number of anilines is 1. The van der Waals surface area contributed by atoms with Gasteiger partial charge in [-0.1, -0.05) is 24.3 Å². The predicted molar refractivity (Wildman–Crippen MR) is 119 cm³/mol. The lowest BCUT2D eigenvalue weighted by Crippen LogP contribution is -2.35. The Balaban J connectivity index is 1.03. The van der Waals surface area contributed by atoms with Gasteiger partial charge in [-0.3, -0.25) is 0 Å². The van der Waals surface area contributed by atoms with Crippen LogP contribution in [0.2, 0.25) is 0 Å².